The molecule has 0 radical (unpaired) electrons. The molecule has 27 heavy (non-hydrogen) atoms. The van der Waals surface area contributed by atoms with E-state index < -0.39 is 0 Å². The number of anilines is 1. The summed E-state index contributed by atoms with van der Waals surface area (Å²) in [5.41, 5.74) is 1.05. The third-order valence-electron chi connectivity index (χ3n) is 3.60. The van der Waals surface area contributed by atoms with E-state index in [0.29, 0.717) is 35.2 Å². The maximum absolute atomic E-state index is 12.1. The number of hydrogen-bond donors (Lipinski definition) is 2. The molecule has 0 aliphatic rings. The number of ether oxygens (including phenoxy) is 1. The summed E-state index contributed by atoms with van der Waals surface area (Å²) in [6, 6.07) is 16.8. The van der Waals surface area contributed by atoms with Crippen LogP contribution >= 0.6 is 11.6 Å². The summed E-state index contributed by atoms with van der Waals surface area (Å²) in [5.74, 6) is 0.286. The van der Waals surface area contributed by atoms with Crippen LogP contribution in [-0.2, 0) is 0 Å². The van der Waals surface area contributed by atoms with Crippen LogP contribution < -0.4 is 15.4 Å². The molecule has 6 nitrogen and oxygen atoms in total. The van der Waals surface area contributed by atoms with Crippen molar-refractivity contribution in [1.82, 2.24) is 5.32 Å². The van der Waals surface area contributed by atoms with Crippen LogP contribution in [0.4, 0.5) is 5.69 Å². The Kier molecular flexibility index (Phi) is 6.12. The van der Waals surface area contributed by atoms with Crippen molar-refractivity contribution in [1.29, 1.82) is 0 Å². The molecule has 0 unspecified atom stereocenters. The van der Waals surface area contributed by atoms with Crippen molar-refractivity contribution < 1.29 is 18.7 Å². The molecule has 0 saturated heterocycles. The Hall–Kier alpha value is -3.25. The molecule has 0 spiro atoms. The lowest BCUT2D eigenvalue weighted by Gasteiger charge is -2.09. The van der Waals surface area contributed by atoms with Crippen LogP contribution in [0.2, 0.25) is 5.02 Å². The SMILES string of the molecule is O=C(NCCOc1cccc(Cl)c1)c1ccc(NC(=O)c2ccco2)cc1. The van der Waals surface area contributed by atoms with Crippen LogP contribution in [0.3, 0.4) is 0 Å². The first kappa shape index (κ1) is 18.5. The average molecular weight is 385 g/mol. The van der Waals surface area contributed by atoms with Gasteiger partial charge in [-0.05, 0) is 54.6 Å². The van der Waals surface area contributed by atoms with E-state index in [-0.39, 0.29) is 17.6 Å². The van der Waals surface area contributed by atoms with E-state index in [4.69, 9.17) is 20.8 Å². The Morgan fingerprint density at radius 3 is 2.52 bits per heavy atom. The average Bonchev–Trinajstić information content (AvgIpc) is 3.21. The summed E-state index contributed by atoms with van der Waals surface area (Å²) in [7, 11) is 0. The summed E-state index contributed by atoms with van der Waals surface area (Å²) >= 11 is 5.88. The number of amides is 2. The van der Waals surface area contributed by atoms with Gasteiger partial charge in [0.2, 0.25) is 0 Å². The van der Waals surface area contributed by atoms with Crippen LogP contribution in [0.15, 0.2) is 71.3 Å². The minimum Gasteiger partial charge on any atom is -0.492 e. The highest BCUT2D eigenvalue weighted by Crippen LogP contribution is 2.16. The molecule has 2 amide bonds. The van der Waals surface area contributed by atoms with Crippen molar-refractivity contribution in [3.8, 4) is 5.75 Å². The minimum atomic E-state index is -0.352. The van der Waals surface area contributed by atoms with Crippen molar-refractivity contribution in [2.45, 2.75) is 0 Å². The van der Waals surface area contributed by atoms with Gasteiger partial charge in [0.05, 0.1) is 12.8 Å². The first-order valence-electron chi connectivity index (χ1n) is 8.23. The van der Waals surface area contributed by atoms with Gasteiger partial charge >= 0.3 is 0 Å². The quantitative estimate of drug-likeness (QED) is 0.603. The van der Waals surface area contributed by atoms with E-state index in [1.807, 2.05) is 0 Å². The van der Waals surface area contributed by atoms with Crippen LogP contribution in [0.1, 0.15) is 20.9 Å². The molecule has 1 heterocycles. The maximum Gasteiger partial charge on any atom is 0.291 e. The highest BCUT2D eigenvalue weighted by atomic mass is 35.5. The molecular weight excluding hydrogens is 368 g/mol. The number of carbonyl (C=O) groups is 2. The van der Waals surface area contributed by atoms with Gasteiger partial charge in [0, 0.05) is 16.3 Å². The number of halogens is 1. The highest BCUT2D eigenvalue weighted by molar-refractivity contribution is 6.30. The van der Waals surface area contributed by atoms with Gasteiger partial charge in [0.25, 0.3) is 11.8 Å². The second kappa shape index (κ2) is 8.91. The van der Waals surface area contributed by atoms with Gasteiger partial charge in [-0.2, -0.15) is 0 Å². The van der Waals surface area contributed by atoms with Crippen LogP contribution in [-0.4, -0.2) is 25.0 Å². The molecule has 2 aromatic carbocycles. The second-order valence-corrected chi connectivity index (χ2v) is 6.01. The Morgan fingerprint density at radius 1 is 1.00 bits per heavy atom. The monoisotopic (exact) mass is 384 g/mol. The molecule has 3 rings (SSSR count). The molecule has 138 valence electrons. The fourth-order valence-electron chi connectivity index (χ4n) is 2.30. The Bertz CT molecular complexity index is 908. The Labute approximate surface area is 161 Å². The van der Waals surface area contributed by atoms with Gasteiger partial charge < -0.3 is 19.8 Å². The first-order chi connectivity index (χ1) is 13.1. The predicted octanol–water partition coefficient (Wildman–Crippen LogP) is 3.99. The summed E-state index contributed by atoms with van der Waals surface area (Å²) in [6.45, 7) is 0.672. The molecular formula is C20H17ClN2O4. The van der Waals surface area contributed by atoms with Gasteiger partial charge in [0.15, 0.2) is 5.76 Å². The fourth-order valence-corrected chi connectivity index (χ4v) is 2.48. The summed E-state index contributed by atoms with van der Waals surface area (Å²) < 4.78 is 10.5. The Morgan fingerprint density at radius 2 is 1.81 bits per heavy atom. The largest absolute Gasteiger partial charge is 0.492 e. The van der Waals surface area contributed by atoms with Gasteiger partial charge in [-0.25, -0.2) is 0 Å². The lowest BCUT2D eigenvalue weighted by Crippen LogP contribution is -2.28. The van der Waals surface area contributed by atoms with Crippen molar-refractivity contribution in [2.24, 2.45) is 0 Å². The smallest absolute Gasteiger partial charge is 0.291 e. The van der Waals surface area contributed by atoms with Gasteiger partial charge in [-0.3, -0.25) is 9.59 Å². The van der Waals surface area contributed by atoms with E-state index in [1.54, 1.807) is 60.7 Å². The predicted molar refractivity (Wildman–Crippen MR) is 102 cm³/mol. The highest BCUT2D eigenvalue weighted by Gasteiger charge is 2.10. The topological polar surface area (TPSA) is 80.6 Å². The Balaban J connectivity index is 1.45. The molecule has 0 aliphatic heterocycles. The van der Waals surface area contributed by atoms with Crippen LogP contribution in [0.5, 0.6) is 5.75 Å². The number of hydrogen-bond acceptors (Lipinski definition) is 4. The third-order valence-corrected chi connectivity index (χ3v) is 3.84. The molecule has 1 aromatic heterocycles. The fraction of sp³-hybridized carbons (Fsp3) is 0.100. The number of nitrogens with one attached hydrogen (secondary N) is 2. The van der Waals surface area contributed by atoms with Crippen molar-refractivity contribution in [3.63, 3.8) is 0 Å². The maximum atomic E-state index is 12.1. The summed E-state index contributed by atoms with van der Waals surface area (Å²) in [4.78, 5) is 24.0. The summed E-state index contributed by atoms with van der Waals surface area (Å²) in [5, 5.41) is 6.05. The van der Waals surface area contributed by atoms with Crippen molar-refractivity contribution >= 4 is 29.1 Å². The zero-order chi connectivity index (χ0) is 19.1. The lowest BCUT2D eigenvalue weighted by molar-refractivity contribution is 0.0946. The summed E-state index contributed by atoms with van der Waals surface area (Å²) in [6.07, 6.45) is 1.43. The molecule has 2 N–H and O–H groups in total. The van der Waals surface area contributed by atoms with Crippen molar-refractivity contribution in [2.75, 3.05) is 18.5 Å². The van der Waals surface area contributed by atoms with Crippen LogP contribution in [0.25, 0.3) is 0 Å². The van der Waals surface area contributed by atoms with E-state index in [2.05, 4.69) is 10.6 Å². The first-order valence-corrected chi connectivity index (χ1v) is 8.61. The number of furan rings is 1. The number of rotatable bonds is 7. The van der Waals surface area contributed by atoms with E-state index in [0.717, 1.165) is 0 Å². The normalized spacial score (nSPS) is 10.3. The molecule has 0 aliphatic carbocycles. The molecule has 0 fully saturated rings. The molecule has 0 atom stereocenters. The zero-order valence-corrected chi connectivity index (χ0v) is 15.0. The van der Waals surface area contributed by atoms with Gasteiger partial charge in [-0.1, -0.05) is 17.7 Å². The second-order valence-electron chi connectivity index (χ2n) is 5.57. The molecule has 7 heteroatoms. The van der Waals surface area contributed by atoms with Crippen LogP contribution in [0, 0.1) is 0 Å². The number of benzene rings is 2. The van der Waals surface area contributed by atoms with Gasteiger partial charge in [0.1, 0.15) is 12.4 Å². The molecule has 3 aromatic rings. The molecule has 0 saturated carbocycles. The lowest BCUT2D eigenvalue weighted by atomic mass is 10.2. The van der Waals surface area contributed by atoms with E-state index in [9.17, 15) is 9.59 Å². The standard InChI is InChI=1S/C20H17ClN2O4/c21-15-3-1-4-17(13-15)26-12-10-22-19(24)14-6-8-16(9-7-14)23-20(25)18-5-2-11-27-18/h1-9,11,13H,10,12H2,(H,22,24)(H,23,25). The van der Waals surface area contributed by atoms with Gasteiger partial charge in [-0.15, -0.1) is 0 Å². The van der Waals surface area contributed by atoms with E-state index in [1.165, 1.54) is 6.26 Å². The minimum absolute atomic E-state index is 0.219. The molecule has 0 bridgehead atoms. The van der Waals surface area contributed by atoms with E-state index >= 15 is 0 Å². The zero-order valence-electron chi connectivity index (χ0n) is 14.3. The third kappa shape index (κ3) is 5.36. The van der Waals surface area contributed by atoms with Crippen molar-refractivity contribution in [3.05, 3.63) is 83.3 Å². The number of carbonyl (C=O) groups excluding carboxylic acids is 2.